The van der Waals surface area contributed by atoms with E-state index in [9.17, 15) is 4.79 Å². The molecule has 2 aromatic heterocycles. The third-order valence-electron chi connectivity index (χ3n) is 7.97. The van der Waals surface area contributed by atoms with Crippen LogP contribution in [0.4, 0.5) is 5.95 Å². The van der Waals surface area contributed by atoms with Gasteiger partial charge in [0.05, 0.1) is 18.1 Å². The van der Waals surface area contributed by atoms with Crippen molar-refractivity contribution in [3.05, 3.63) is 58.3 Å². The standard InChI is InChI=1S/C30H38BCl2N7O4/c1-21(41)34-17-22-2-5-39(6-3-22)20-23-12-28(24-14-25(32)16-26(33)15-24)37-29(13-23)44-27-18-35-30(36-19-27)40-10-8-38(9-11-40)7-4-31(42)43/h12-16,18-19,22,42-43H,2-11,17,20H2,1H3,(H,34,41). The Balaban J connectivity index is 1.27. The van der Waals surface area contributed by atoms with Gasteiger partial charge in [-0.1, -0.05) is 23.2 Å². The van der Waals surface area contributed by atoms with Gasteiger partial charge in [0, 0.05) is 67.9 Å². The number of likely N-dealkylation sites (tertiary alicyclic amines) is 1. The minimum atomic E-state index is -1.28. The molecular formula is C30H38BCl2N7O4. The van der Waals surface area contributed by atoms with Crippen molar-refractivity contribution in [2.75, 3.05) is 57.3 Å². The minimum absolute atomic E-state index is 0.0146. The molecule has 2 saturated heterocycles. The van der Waals surface area contributed by atoms with E-state index in [0.29, 0.717) is 52.1 Å². The highest BCUT2D eigenvalue weighted by Crippen LogP contribution is 2.31. The van der Waals surface area contributed by atoms with Crippen molar-refractivity contribution in [3.8, 4) is 22.9 Å². The molecule has 0 radical (unpaired) electrons. The van der Waals surface area contributed by atoms with Crippen LogP contribution in [0.15, 0.2) is 42.7 Å². The topological polar surface area (TPSA) is 127 Å². The molecule has 0 atom stereocenters. The molecule has 0 aliphatic carbocycles. The van der Waals surface area contributed by atoms with E-state index in [1.807, 2.05) is 24.3 Å². The molecule has 44 heavy (non-hydrogen) atoms. The molecule has 0 unspecified atom stereocenters. The van der Waals surface area contributed by atoms with Gasteiger partial charge in [-0.15, -0.1) is 0 Å². The average Bonchev–Trinajstić information content (AvgIpc) is 3.00. The molecule has 5 rings (SSSR count). The second-order valence-electron chi connectivity index (χ2n) is 11.4. The summed E-state index contributed by atoms with van der Waals surface area (Å²) in [6.07, 6.45) is 5.69. The van der Waals surface area contributed by atoms with Crippen LogP contribution in [0.1, 0.15) is 25.3 Å². The van der Waals surface area contributed by atoms with Gasteiger partial charge in [0.1, 0.15) is 0 Å². The number of amides is 1. The monoisotopic (exact) mass is 641 g/mol. The van der Waals surface area contributed by atoms with Crippen molar-refractivity contribution >= 4 is 42.2 Å². The fraction of sp³-hybridized carbons (Fsp3) is 0.467. The van der Waals surface area contributed by atoms with Crippen LogP contribution < -0.4 is 15.0 Å². The van der Waals surface area contributed by atoms with Gasteiger partial charge in [-0.2, -0.15) is 0 Å². The Morgan fingerprint density at radius 3 is 2.30 bits per heavy atom. The summed E-state index contributed by atoms with van der Waals surface area (Å²) >= 11 is 12.6. The predicted octanol–water partition coefficient (Wildman–Crippen LogP) is 3.58. The van der Waals surface area contributed by atoms with E-state index in [0.717, 1.165) is 76.3 Å². The van der Waals surface area contributed by atoms with Crippen molar-refractivity contribution in [1.82, 2.24) is 30.1 Å². The van der Waals surface area contributed by atoms with Crippen LogP contribution in [-0.4, -0.2) is 100 Å². The number of carbonyl (C=O) groups is 1. The molecule has 2 aliphatic heterocycles. The van der Waals surface area contributed by atoms with Crippen molar-refractivity contribution < 1.29 is 19.6 Å². The van der Waals surface area contributed by atoms with Crippen LogP contribution in [0.2, 0.25) is 16.4 Å². The van der Waals surface area contributed by atoms with E-state index in [1.54, 1.807) is 25.4 Å². The molecule has 3 aromatic rings. The number of pyridine rings is 1. The predicted molar refractivity (Wildman–Crippen MR) is 172 cm³/mol. The highest BCUT2D eigenvalue weighted by Gasteiger charge is 2.22. The molecule has 4 heterocycles. The van der Waals surface area contributed by atoms with Crippen LogP contribution in [0, 0.1) is 5.92 Å². The first-order valence-corrected chi connectivity index (χ1v) is 15.7. The minimum Gasteiger partial charge on any atom is -0.436 e. The Morgan fingerprint density at radius 1 is 0.977 bits per heavy atom. The van der Waals surface area contributed by atoms with Gasteiger partial charge in [-0.25, -0.2) is 15.0 Å². The maximum absolute atomic E-state index is 11.3. The Morgan fingerprint density at radius 2 is 1.66 bits per heavy atom. The van der Waals surface area contributed by atoms with Gasteiger partial charge in [0.25, 0.3) is 0 Å². The van der Waals surface area contributed by atoms with Crippen molar-refractivity contribution in [3.63, 3.8) is 0 Å². The lowest BCUT2D eigenvalue weighted by atomic mass is 9.86. The van der Waals surface area contributed by atoms with Crippen LogP contribution >= 0.6 is 23.2 Å². The summed E-state index contributed by atoms with van der Waals surface area (Å²) < 4.78 is 6.18. The van der Waals surface area contributed by atoms with Gasteiger partial charge in [-0.3, -0.25) is 9.69 Å². The molecule has 11 nitrogen and oxygen atoms in total. The molecule has 1 amide bonds. The third kappa shape index (κ3) is 9.50. The Hall–Kier alpha value is -3.00. The maximum atomic E-state index is 11.3. The first-order valence-electron chi connectivity index (χ1n) is 15.0. The second-order valence-corrected chi connectivity index (χ2v) is 12.3. The summed E-state index contributed by atoms with van der Waals surface area (Å²) in [6.45, 7) is 8.63. The van der Waals surface area contributed by atoms with Crippen LogP contribution in [0.3, 0.4) is 0 Å². The van der Waals surface area contributed by atoms with Crippen LogP contribution in [0.25, 0.3) is 11.3 Å². The summed E-state index contributed by atoms with van der Waals surface area (Å²) in [5, 5.41) is 22.3. The molecule has 234 valence electrons. The first kappa shape index (κ1) is 32.4. The van der Waals surface area contributed by atoms with Gasteiger partial charge in [0.2, 0.25) is 17.7 Å². The number of anilines is 1. The number of hydrogen-bond donors (Lipinski definition) is 3. The number of hydrogen-bond acceptors (Lipinski definition) is 10. The van der Waals surface area contributed by atoms with Crippen LogP contribution in [-0.2, 0) is 11.3 Å². The fourth-order valence-corrected chi connectivity index (χ4v) is 6.09. The molecule has 2 aliphatic rings. The Bertz CT molecular complexity index is 1380. The number of carbonyl (C=O) groups excluding carboxylic acids is 1. The van der Waals surface area contributed by atoms with Gasteiger partial charge >= 0.3 is 7.12 Å². The number of rotatable bonds is 11. The van der Waals surface area contributed by atoms with Crippen molar-refractivity contribution in [1.29, 1.82) is 0 Å². The summed E-state index contributed by atoms with van der Waals surface area (Å²) in [7, 11) is -1.28. The second kappa shape index (κ2) is 15.3. The normalized spacial score (nSPS) is 16.6. The average molecular weight is 642 g/mol. The molecule has 0 bridgehead atoms. The number of aromatic nitrogens is 3. The highest BCUT2D eigenvalue weighted by molar-refractivity contribution is 6.41. The molecular weight excluding hydrogens is 604 g/mol. The van der Waals surface area contributed by atoms with E-state index < -0.39 is 7.12 Å². The SMILES string of the molecule is CC(=O)NCC1CCN(Cc2cc(Oc3cnc(N4CCN(CCB(O)O)CC4)nc3)nc(-c3cc(Cl)cc(Cl)c3)c2)CC1. The molecule has 2 fully saturated rings. The molecule has 14 heteroatoms. The first-order chi connectivity index (χ1) is 21.2. The fourth-order valence-electron chi connectivity index (χ4n) is 5.56. The van der Waals surface area contributed by atoms with E-state index in [-0.39, 0.29) is 5.91 Å². The number of benzene rings is 1. The van der Waals surface area contributed by atoms with E-state index in [1.165, 1.54) is 0 Å². The van der Waals surface area contributed by atoms with Gasteiger partial charge < -0.3 is 29.9 Å². The Labute approximate surface area is 268 Å². The summed E-state index contributed by atoms with van der Waals surface area (Å²) in [5.41, 5.74) is 2.54. The Kier molecular flexibility index (Phi) is 11.3. The number of piperidine rings is 1. The lowest BCUT2D eigenvalue weighted by Gasteiger charge is -2.34. The van der Waals surface area contributed by atoms with E-state index in [4.69, 9.17) is 43.0 Å². The zero-order valence-corrected chi connectivity index (χ0v) is 26.3. The van der Waals surface area contributed by atoms with Crippen molar-refractivity contribution in [2.45, 2.75) is 32.6 Å². The zero-order chi connectivity index (χ0) is 31.1. The number of halogens is 2. The van der Waals surface area contributed by atoms with Gasteiger partial charge in [0.15, 0.2) is 5.75 Å². The molecule has 0 saturated carbocycles. The largest absolute Gasteiger partial charge is 0.452 e. The smallest absolute Gasteiger partial charge is 0.436 e. The summed E-state index contributed by atoms with van der Waals surface area (Å²) in [5.74, 6) is 2.02. The summed E-state index contributed by atoms with van der Waals surface area (Å²) in [6, 6.07) is 9.34. The van der Waals surface area contributed by atoms with Crippen LogP contribution in [0.5, 0.6) is 11.6 Å². The quantitative estimate of drug-likeness (QED) is 0.267. The number of ether oxygens (including phenoxy) is 1. The number of nitrogens with one attached hydrogen (secondary N) is 1. The van der Waals surface area contributed by atoms with Gasteiger partial charge in [-0.05, 0) is 74.5 Å². The molecule has 0 spiro atoms. The zero-order valence-electron chi connectivity index (χ0n) is 24.8. The molecule has 3 N–H and O–H groups in total. The number of piperazine rings is 1. The van der Waals surface area contributed by atoms with E-state index >= 15 is 0 Å². The maximum Gasteiger partial charge on any atom is 0.452 e. The van der Waals surface area contributed by atoms with E-state index in [2.05, 4.69) is 30.0 Å². The lowest BCUT2D eigenvalue weighted by Crippen LogP contribution is -2.47. The highest BCUT2D eigenvalue weighted by atomic mass is 35.5. The molecule has 1 aromatic carbocycles. The van der Waals surface area contributed by atoms with Crippen molar-refractivity contribution in [2.24, 2.45) is 5.92 Å². The lowest BCUT2D eigenvalue weighted by molar-refractivity contribution is -0.119. The summed E-state index contributed by atoms with van der Waals surface area (Å²) in [4.78, 5) is 31.9. The third-order valence-corrected chi connectivity index (χ3v) is 8.41. The number of nitrogens with zero attached hydrogens (tertiary/aromatic N) is 6.